The number of carbonyl (C=O) groups excluding carboxylic acids is 2. The van der Waals surface area contributed by atoms with E-state index in [1.54, 1.807) is 31.2 Å². The van der Waals surface area contributed by atoms with Crippen LogP contribution in [-0.4, -0.2) is 40.1 Å². The highest BCUT2D eigenvalue weighted by atomic mass is 35.5. The molecule has 31 heavy (non-hydrogen) atoms. The van der Waals surface area contributed by atoms with Gasteiger partial charge in [0.1, 0.15) is 16.4 Å². The Bertz CT molecular complexity index is 1200. The molecule has 1 heterocycles. The van der Waals surface area contributed by atoms with Crippen LogP contribution in [0, 0.1) is 10.1 Å². The molecule has 0 unspecified atom stereocenters. The van der Waals surface area contributed by atoms with Gasteiger partial charge in [0.25, 0.3) is 11.6 Å². The largest absolute Gasteiger partial charge is 0.512 e. The number of hydrogen-bond donors (Lipinski definition) is 1. The van der Waals surface area contributed by atoms with E-state index in [1.165, 1.54) is 19.1 Å². The van der Waals surface area contributed by atoms with Crippen LogP contribution in [0.5, 0.6) is 0 Å². The fourth-order valence-electron chi connectivity index (χ4n) is 2.95. The number of amidine groups is 1. The van der Waals surface area contributed by atoms with Crippen molar-refractivity contribution >= 4 is 40.7 Å². The predicted molar refractivity (Wildman–Crippen MR) is 114 cm³/mol. The van der Waals surface area contributed by atoms with Crippen molar-refractivity contribution in [1.29, 1.82) is 0 Å². The summed E-state index contributed by atoms with van der Waals surface area (Å²) in [5, 5.41) is 21.0. The number of aliphatic hydroxyl groups excluding tert-OH is 1. The number of hydrogen-bond acceptors (Lipinski definition) is 6. The van der Waals surface area contributed by atoms with Crippen molar-refractivity contribution in [3.63, 3.8) is 0 Å². The summed E-state index contributed by atoms with van der Waals surface area (Å²) in [4.78, 5) is 43.7. The minimum atomic E-state index is -0.781. The van der Waals surface area contributed by atoms with E-state index in [9.17, 15) is 24.8 Å². The first-order chi connectivity index (χ1) is 14.7. The van der Waals surface area contributed by atoms with Gasteiger partial charge in [0.15, 0.2) is 5.84 Å². The van der Waals surface area contributed by atoms with Crippen molar-refractivity contribution in [2.24, 2.45) is 9.98 Å². The van der Waals surface area contributed by atoms with E-state index in [2.05, 4.69) is 9.98 Å². The number of aliphatic imine (C=N–C) groups is 2. The first kappa shape index (κ1) is 21.8. The Morgan fingerprint density at radius 1 is 1.23 bits per heavy atom. The van der Waals surface area contributed by atoms with Crippen LogP contribution >= 0.6 is 11.6 Å². The average molecular weight is 442 g/mol. The molecule has 10 heteroatoms. The average Bonchev–Trinajstić information content (AvgIpc) is 3.06. The molecule has 0 atom stereocenters. The number of allylic oxidation sites excluding steroid dienone is 1. The van der Waals surface area contributed by atoms with Crippen molar-refractivity contribution in [3.05, 3.63) is 85.6 Å². The molecule has 1 amide bonds. The lowest BCUT2D eigenvalue weighted by atomic mass is 9.99. The Balaban J connectivity index is 2.09. The van der Waals surface area contributed by atoms with Crippen LogP contribution in [0.15, 0.2) is 63.8 Å². The van der Waals surface area contributed by atoms with E-state index in [4.69, 9.17) is 16.3 Å². The molecule has 0 saturated carbocycles. The molecule has 0 bridgehead atoms. The first-order valence-corrected chi connectivity index (χ1v) is 9.45. The van der Waals surface area contributed by atoms with Crippen molar-refractivity contribution in [1.82, 2.24) is 0 Å². The number of fused-ring (bicyclic) bond motifs is 1. The van der Waals surface area contributed by atoms with Crippen LogP contribution in [0.4, 0.5) is 5.69 Å². The second-order valence-corrected chi connectivity index (χ2v) is 6.76. The summed E-state index contributed by atoms with van der Waals surface area (Å²) in [6, 6.07) is 10.3. The summed E-state index contributed by atoms with van der Waals surface area (Å²) >= 11 is 5.79. The second kappa shape index (κ2) is 8.88. The van der Waals surface area contributed by atoms with Gasteiger partial charge in [-0.2, -0.15) is 4.99 Å². The molecule has 0 radical (unpaired) electrons. The number of halogens is 1. The number of carbonyl (C=O) groups is 2. The second-order valence-electron chi connectivity index (χ2n) is 6.35. The third-order valence-electron chi connectivity index (χ3n) is 4.32. The molecule has 1 aliphatic heterocycles. The Hall–Kier alpha value is -3.85. The highest BCUT2D eigenvalue weighted by Gasteiger charge is 2.30. The zero-order valence-electron chi connectivity index (χ0n) is 16.5. The minimum absolute atomic E-state index is 0.00347. The molecule has 0 aliphatic carbocycles. The molecule has 1 aliphatic rings. The van der Waals surface area contributed by atoms with Gasteiger partial charge in [-0.1, -0.05) is 35.9 Å². The van der Waals surface area contributed by atoms with Crippen molar-refractivity contribution < 1.29 is 24.4 Å². The van der Waals surface area contributed by atoms with Crippen LogP contribution in [0.2, 0.25) is 5.02 Å². The molecule has 1 N–H and O–H groups in total. The van der Waals surface area contributed by atoms with Crippen LogP contribution in [0.1, 0.15) is 35.3 Å². The molecule has 0 saturated heterocycles. The van der Waals surface area contributed by atoms with E-state index in [0.717, 1.165) is 6.07 Å². The smallest absolute Gasteiger partial charge is 0.343 e. The summed E-state index contributed by atoms with van der Waals surface area (Å²) in [6.07, 6.45) is 0. The van der Waals surface area contributed by atoms with Gasteiger partial charge in [0.05, 0.1) is 17.2 Å². The highest BCUT2D eigenvalue weighted by molar-refractivity contribution is 6.36. The molecular formula is C21H16ClN3O6. The van der Waals surface area contributed by atoms with Crippen molar-refractivity contribution in [2.45, 2.75) is 13.8 Å². The Kier molecular flexibility index (Phi) is 6.26. The number of ether oxygens (including phenoxy) is 1. The zero-order chi connectivity index (χ0) is 22.7. The summed E-state index contributed by atoms with van der Waals surface area (Å²) in [7, 11) is 0. The van der Waals surface area contributed by atoms with Crippen LogP contribution in [-0.2, 0) is 9.53 Å². The van der Waals surface area contributed by atoms with E-state index in [1.807, 2.05) is 0 Å². The van der Waals surface area contributed by atoms with Gasteiger partial charge in [-0.05, 0) is 26.0 Å². The van der Waals surface area contributed by atoms with Gasteiger partial charge in [-0.25, -0.2) is 9.79 Å². The first-order valence-electron chi connectivity index (χ1n) is 9.07. The van der Waals surface area contributed by atoms with E-state index < -0.39 is 22.5 Å². The third kappa shape index (κ3) is 4.36. The fraction of sp³-hybridized carbons (Fsp3) is 0.143. The standard InChI is InChI=1S/C21H16ClN3O6/c1-3-31-21(28)17(11(2)26)18-13-6-4-5-7-14(13)19(23-18)24-20(27)12-8-9-15(22)16(10-12)25(29)30/h4-10,26H,3H2,1-2H3/b17-11-,24-19?. The molecular weight excluding hydrogens is 426 g/mol. The normalized spacial score (nSPS) is 14.5. The van der Waals surface area contributed by atoms with Gasteiger partial charge in [-0.15, -0.1) is 0 Å². The van der Waals surface area contributed by atoms with E-state index >= 15 is 0 Å². The van der Waals surface area contributed by atoms with E-state index in [-0.39, 0.29) is 40.1 Å². The number of esters is 1. The monoisotopic (exact) mass is 441 g/mol. The predicted octanol–water partition coefficient (Wildman–Crippen LogP) is 4.03. The molecule has 3 rings (SSSR count). The van der Waals surface area contributed by atoms with Crippen molar-refractivity contribution in [3.8, 4) is 0 Å². The van der Waals surface area contributed by atoms with Gasteiger partial charge < -0.3 is 9.84 Å². The van der Waals surface area contributed by atoms with Gasteiger partial charge >= 0.3 is 5.97 Å². The summed E-state index contributed by atoms with van der Waals surface area (Å²) in [6.45, 7) is 3.05. The van der Waals surface area contributed by atoms with Gasteiger partial charge in [-0.3, -0.25) is 14.9 Å². The van der Waals surface area contributed by atoms with Gasteiger partial charge in [0, 0.05) is 22.8 Å². The number of benzene rings is 2. The minimum Gasteiger partial charge on any atom is -0.512 e. The number of nitrogens with zero attached hydrogens (tertiary/aromatic N) is 3. The molecule has 0 aromatic heterocycles. The maximum atomic E-state index is 12.7. The zero-order valence-corrected chi connectivity index (χ0v) is 17.2. The van der Waals surface area contributed by atoms with Crippen LogP contribution in [0.25, 0.3) is 0 Å². The van der Waals surface area contributed by atoms with E-state index in [0.29, 0.717) is 11.1 Å². The Morgan fingerprint density at radius 3 is 2.52 bits per heavy atom. The Labute approximate surface area is 181 Å². The third-order valence-corrected chi connectivity index (χ3v) is 4.64. The number of nitro benzene ring substituents is 1. The summed E-state index contributed by atoms with van der Waals surface area (Å²) in [5.74, 6) is -1.85. The van der Waals surface area contributed by atoms with Crippen LogP contribution < -0.4 is 0 Å². The van der Waals surface area contributed by atoms with Gasteiger partial charge in [0.2, 0.25) is 0 Å². The van der Waals surface area contributed by atoms with Crippen LogP contribution in [0.3, 0.4) is 0 Å². The molecule has 0 fully saturated rings. The van der Waals surface area contributed by atoms with Crippen molar-refractivity contribution in [2.75, 3.05) is 6.61 Å². The lowest BCUT2D eigenvalue weighted by Gasteiger charge is -2.08. The molecule has 2 aromatic carbocycles. The molecule has 9 nitrogen and oxygen atoms in total. The quantitative estimate of drug-likeness (QED) is 0.245. The molecule has 2 aromatic rings. The maximum absolute atomic E-state index is 12.7. The highest BCUT2D eigenvalue weighted by Crippen LogP contribution is 2.28. The SMILES string of the molecule is CCOC(=O)/C(C1=NC(=NC(=O)c2ccc(Cl)c([N+](=O)[O-])c2)c2ccccc21)=C(/C)O. The Morgan fingerprint density at radius 2 is 1.90 bits per heavy atom. The topological polar surface area (TPSA) is 131 Å². The lowest BCUT2D eigenvalue weighted by molar-refractivity contribution is -0.384. The number of aliphatic hydroxyl groups is 1. The number of nitro groups is 1. The molecule has 158 valence electrons. The summed E-state index contributed by atoms with van der Waals surface area (Å²) < 4.78 is 5.00. The lowest BCUT2D eigenvalue weighted by Crippen LogP contribution is -2.18. The number of rotatable bonds is 5. The fourth-order valence-corrected chi connectivity index (χ4v) is 3.14. The number of amides is 1. The molecule has 0 spiro atoms. The summed E-state index contributed by atoms with van der Waals surface area (Å²) in [5.41, 5.74) is 0.429. The maximum Gasteiger partial charge on any atom is 0.343 e.